The number of aryl methyl sites for hydroxylation is 1. The van der Waals surface area contributed by atoms with E-state index in [9.17, 15) is 19.5 Å². The second-order valence-corrected chi connectivity index (χ2v) is 18.1. The molecule has 1 aromatic carbocycles. The number of aliphatic hydroxyl groups excluding tert-OH is 1. The Labute approximate surface area is 333 Å². The van der Waals surface area contributed by atoms with E-state index in [4.69, 9.17) is 9.26 Å². The molecule has 56 heavy (non-hydrogen) atoms. The summed E-state index contributed by atoms with van der Waals surface area (Å²) in [6, 6.07) is 8.66. The first-order chi connectivity index (χ1) is 26.4. The van der Waals surface area contributed by atoms with Crippen LogP contribution in [0.25, 0.3) is 10.4 Å². The maximum absolute atomic E-state index is 16.0. The van der Waals surface area contributed by atoms with Crippen molar-refractivity contribution in [3.63, 3.8) is 0 Å². The second-order valence-electron chi connectivity index (χ2n) is 17.2. The van der Waals surface area contributed by atoms with Gasteiger partial charge in [0.15, 0.2) is 11.6 Å². The Morgan fingerprint density at radius 1 is 1.09 bits per heavy atom. The highest BCUT2D eigenvalue weighted by atomic mass is 32.1. The minimum absolute atomic E-state index is 0.00262. The number of β-amino-alcohol motifs (C(OH)–C–C–N with tert-alkyl or cyclic N) is 1. The van der Waals surface area contributed by atoms with Gasteiger partial charge in [-0.2, -0.15) is 0 Å². The number of nitrogens with zero attached hydrogens (tertiary/aromatic N) is 6. The number of alkyl halides is 1. The molecule has 306 valence electrons. The smallest absolute Gasteiger partial charge is 0.410 e. The molecule has 13 nitrogen and oxygen atoms in total. The number of hydrogen-bond acceptors (Lipinski definition) is 11. The summed E-state index contributed by atoms with van der Waals surface area (Å²) in [4.78, 5) is 53.2. The standard InChI is InChI=1S/C41H58FN7O6S/c1-25(2)35(38(52)49-22-31(50)19-32(49)37(51)44-27(4)29-9-11-30(12-10-29)36-28(5)43-24-56-36)33-20-34(45-55-33)48-18-17-46(21-26(48)3)23-41(42)13-15-47(16-14-41)39(53)54-40(6,7)8/h9-12,20,24-27,31-32,35,50H,13-19,21-23H2,1-8H3,(H,44,51)/t26-,27+,31-,32+,35-/m1/s1. The highest BCUT2D eigenvalue weighted by Gasteiger charge is 2.44. The first-order valence-corrected chi connectivity index (χ1v) is 20.7. The lowest BCUT2D eigenvalue weighted by atomic mass is 9.91. The van der Waals surface area contributed by atoms with E-state index < -0.39 is 35.4 Å². The molecule has 0 unspecified atom stereocenters. The lowest BCUT2D eigenvalue weighted by Gasteiger charge is -2.44. The summed E-state index contributed by atoms with van der Waals surface area (Å²) in [6.45, 7) is 18.1. The van der Waals surface area contributed by atoms with Crippen LogP contribution in [0.4, 0.5) is 15.0 Å². The number of benzene rings is 1. The number of likely N-dealkylation sites (tertiary alicyclic amines) is 2. The molecule has 3 aromatic rings. The fourth-order valence-electron chi connectivity index (χ4n) is 8.17. The zero-order valence-corrected chi connectivity index (χ0v) is 34.8. The van der Waals surface area contributed by atoms with Crippen LogP contribution in [0.2, 0.25) is 0 Å². The Morgan fingerprint density at radius 3 is 2.39 bits per heavy atom. The molecule has 5 atom stereocenters. The van der Waals surface area contributed by atoms with Crippen molar-refractivity contribution in [3.8, 4) is 10.4 Å². The molecule has 3 saturated heterocycles. The van der Waals surface area contributed by atoms with Crippen LogP contribution >= 0.6 is 11.3 Å². The number of hydrogen-bond donors (Lipinski definition) is 2. The Kier molecular flexibility index (Phi) is 12.5. The number of aromatic nitrogens is 2. The Balaban J connectivity index is 1.05. The monoisotopic (exact) mass is 795 g/mol. The fraction of sp³-hybridized carbons (Fsp3) is 0.634. The summed E-state index contributed by atoms with van der Waals surface area (Å²) in [5.74, 6) is -0.500. The van der Waals surface area contributed by atoms with Crippen LogP contribution in [0.1, 0.15) is 96.7 Å². The average molecular weight is 796 g/mol. The fourth-order valence-corrected chi connectivity index (χ4v) is 8.98. The molecule has 0 saturated carbocycles. The number of aliphatic hydroxyl groups is 1. The average Bonchev–Trinajstić information content (AvgIpc) is 3.88. The molecular formula is C41H58FN7O6S. The van der Waals surface area contributed by atoms with Crippen molar-refractivity contribution < 1.29 is 33.1 Å². The van der Waals surface area contributed by atoms with Gasteiger partial charge in [-0.1, -0.05) is 43.3 Å². The van der Waals surface area contributed by atoms with Crippen LogP contribution in [-0.4, -0.2) is 123 Å². The van der Waals surface area contributed by atoms with Crippen LogP contribution in [0.15, 0.2) is 40.4 Å². The van der Waals surface area contributed by atoms with Gasteiger partial charge < -0.3 is 34.4 Å². The molecule has 3 aliphatic heterocycles. The van der Waals surface area contributed by atoms with E-state index in [1.807, 2.05) is 78.2 Å². The van der Waals surface area contributed by atoms with Crippen LogP contribution in [0, 0.1) is 12.8 Å². The van der Waals surface area contributed by atoms with Gasteiger partial charge in [0.2, 0.25) is 11.8 Å². The topological polar surface area (TPSA) is 145 Å². The number of piperidine rings is 1. The molecule has 0 radical (unpaired) electrons. The molecule has 3 fully saturated rings. The molecule has 6 rings (SSSR count). The number of thiazole rings is 1. The lowest BCUT2D eigenvalue weighted by molar-refractivity contribution is -0.141. The van der Waals surface area contributed by atoms with Gasteiger partial charge in [-0.3, -0.25) is 14.5 Å². The van der Waals surface area contributed by atoms with Crippen molar-refractivity contribution in [2.45, 2.75) is 116 Å². The van der Waals surface area contributed by atoms with Gasteiger partial charge in [0, 0.05) is 77.2 Å². The quantitative estimate of drug-likeness (QED) is 0.253. The molecule has 2 aromatic heterocycles. The first kappa shape index (κ1) is 41.6. The number of carbonyl (C=O) groups excluding carboxylic acids is 3. The van der Waals surface area contributed by atoms with Crippen molar-refractivity contribution in [1.82, 2.24) is 30.2 Å². The summed E-state index contributed by atoms with van der Waals surface area (Å²) < 4.78 is 27.4. The molecule has 3 amide bonds. The van der Waals surface area contributed by atoms with Gasteiger partial charge in [0.25, 0.3) is 0 Å². The lowest BCUT2D eigenvalue weighted by Crippen LogP contribution is -2.57. The highest BCUT2D eigenvalue weighted by molar-refractivity contribution is 7.13. The minimum Gasteiger partial charge on any atom is -0.444 e. The summed E-state index contributed by atoms with van der Waals surface area (Å²) in [7, 11) is 0. The van der Waals surface area contributed by atoms with E-state index in [1.165, 1.54) is 4.90 Å². The number of halogens is 1. The van der Waals surface area contributed by atoms with Gasteiger partial charge in [-0.15, -0.1) is 11.3 Å². The van der Waals surface area contributed by atoms with Crippen LogP contribution in [0.5, 0.6) is 0 Å². The van der Waals surface area contributed by atoms with Crippen molar-refractivity contribution in [3.05, 3.63) is 52.9 Å². The van der Waals surface area contributed by atoms with E-state index in [1.54, 1.807) is 22.3 Å². The molecule has 2 N–H and O–H groups in total. The van der Waals surface area contributed by atoms with E-state index in [-0.39, 0.29) is 62.2 Å². The van der Waals surface area contributed by atoms with E-state index in [0.717, 1.165) is 21.7 Å². The van der Waals surface area contributed by atoms with Crippen molar-refractivity contribution in [1.29, 1.82) is 0 Å². The predicted molar refractivity (Wildman–Crippen MR) is 213 cm³/mol. The molecule has 0 aliphatic carbocycles. The van der Waals surface area contributed by atoms with Crippen LogP contribution in [-0.2, 0) is 14.3 Å². The van der Waals surface area contributed by atoms with Gasteiger partial charge in [-0.25, -0.2) is 14.2 Å². The summed E-state index contributed by atoms with van der Waals surface area (Å²) in [5, 5.41) is 18.2. The Bertz CT molecular complexity index is 1840. The van der Waals surface area contributed by atoms with Crippen molar-refractivity contribution in [2.24, 2.45) is 5.92 Å². The maximum atomic E-state index is 16.0. The predicted octanol–water partition coefficient (Wildman–Crippen LogP) is 5.94. The summed E-state index contributed by atoms with van der Waals surface area (Å²) in [6.07, 6.45) is -0.567. The van der Waals surface area contributed by atoms with Crippen LogP contribution in [0.3, 0.4) is 0 Å². The zero-order valence-electron chi connectivity index (χ0n) is 34.0. The number of ether oxygens (including phenoxy) is 1. The molecule has 15 heteroatoms. The maximum Gasteiger partial charge on any atom is 0.410 e. The minimum atomic E-state index is -1.39. The molecular weight excluding hydrogens is 738 g/mol. The molecule has 3 aliphatic rings. The number of amides is 3. The molecule has 5 heterocycles. The SMILES string of the molecule is Cc1ncsc1-c1ccc([C@H](C)NC(=O)[C@@H]2C[C@@H](O)CN2C(=O)[C@@H](c2cc(N3CCN(CC4(F)CCN(C(=O)OC(C)(C)C)CC4)C[C@H]3C)no2)C(C)C)cc1. The number of rotatable bonds is 10. The normalized spacial score (nSPS) is 23.0. The number of anilines is 1. The summed E-state index contributed by atoms with van der Waals surface area (Å²) in [5.41, 5.74) is 2.80. The highest BCUT2D eigenvalue weighted by Crippen LogP contribution is 2.35. The number of carbonyl (C=O) groups is 3. The zero-order chi connectivity index (χ0) is 40.5. The second kappa shape index (κ2) is 16.8. The largest absolute Gasteiger partial charge is 0.444 e. The van der Waals surface area contributed by atoms with Crippen LogP contribution < -0.4 is 10.2 Å². The third-order valence-electron chi connectivity index (χ3n) is 11.2. The van der Waals surface area contributed by atoms with Gasteiger partial charge >= 0.3 is 6.09 Å². The Hall–Kier alpha value is -4.08. The molecule has 0 bridgehead atoms. The number of nitrogens with one attached hydrogen (secondary N) is 1. The first-order valence-electron chi connectivity index (χ1n) is 19.8. The third kappa shape index (κ3) is 9.54. The van der Waals surface area contributed by atoms with E-state index in [0.29, 0.717) is 44.3 Å². The van der Waals surface area contributed by atoms with Gasteiger partial charge in [0.05, 0.1) is 28.2 Å². The van der Waals surface area contributed by atoms with Gasteiger partial charge in [0.1, 0.15) is 23.2 Å². The molecule has 0 spiro atoms. The van der Waals surface area contributed by atoms with E-state index >= 15 is 4.39 Å². The van der Waals surface area contributed by atoms with Crippen molar-refractivity contribution in [2.75, 3.05) is 50.7 Å². The Morgan fingerprint density at radius 2 is 1.79 bits per heavy atom. The summed E-state index contributed by atoms with van der Waals surface area (Å²) >= 11 is 1.59. The van der Waals surface area contributed by atoms with Crippen molar-refractivity contribution >= 4 is 35.1 Å². The van der Waals surface area contributed by atoms with E-state index in [2.05, 4.69) is 32.2 Å². The number of piperazine rings is 1. The van der Waals surface area contributed by atoms with Gasteiger partial charge in [-0.05, 0) is 58.6 Å². The third-order valence-corrected chi connectivity index (χ3v) is 12.2.